The van der Waals surface area contributed by atoms with Gasteiger partial charge < -0.3 is 14.7 Å². The van der Waals surface area contributed by atoms with E-state index in [0.29, 0.717) is 25.2 Å². The van der Waals surface area contributed by atoms with Crippen molar-refractivity contribution in [2.45, 2.75) is 45.9 Å². The van der Waals surface area contributed by atoms with E-state index in [4.69, 9.17) is 9.84 Å². The first kappa shape index (κ1) is 14.4. The molecule has 1 aromatic rings. The number of nitrogens with zero attached hydrogens (tertiary/aromatic N) is 3. The Kier molecular flexibility index (Phi) is 3.69. The zero-order valence-electron chi connectivity index (χ0n) is 11.9. The van der Waals surface area contributed by atoms with E-state index in [2.05, 4.69) is 5.10 Å². The van der Waals surface area contributed by atoms with Gasteiger partial charge in [-0.1, -0.05) is 0 Å². The molecule has 0 aromatic carbocycles. The number of carbonyl (C=O) groups is 2. The molecule has 0 bridgehead atoms. The normalized spacial score (nSPS) is 15.4. The first-order chi connectivity index (χ1) is 9.28. The third-order valence-electron chi connectivity index (χ3n) is 2.97. The lowest BCUT2D eigenvalue weighted by Gasteiger charge is -2.26. The Bertz CT molecular complexity index is 530. The number of amides is 1. The molecule has 2 heterocycles. The maximum atomic E-state index is 12.1. The van der Waals surface area contributed by atoms with Crippen molar-refractivity contribution >= 4 is 12.1 Å². The lowest BCUT2D eigenvalue weighted by Crippen LogP contribution is -2.36. The van der Waals surface area contributed by atoms with E-state index < -0.39 is 17.7 Å². The van der Waals surface area contributed by atoms with Gasteiger partial charge in [-0.2, -0.15) is 5.10 Å². The highest BCUT2D eigenvalue weighted by molar-refractivity contribution is 5.88. The summed E-state index contributed by atoms with van der Waals surface area (Å²) in [6, 6.07) is 0. The Morgan fingerprint density at radius 2 is 2.05 bits per heavy atom. The highest BCUT2D eigenvalue weighted by Crippen LogP contribution is 2.19. The summed E-state index contributed by atoms with van der Waals surface area (Å²) in [7, 11) is 0. The van der Waals surface area contributed by atoms with Gasteiger partial charge in [-0.15, -0.1) is 0 Å². The molecular weight excluding hydrogens is 262 g/mol. The predicted molar refractivity (Wildman–Crippen MR) is 70.4 cm³/mol. The van der Waals surface area contributed by atoms with Gasteiger partial charge in [0.05, 0.1) is 18.4 Å². The molecule has 0 atom stereocenters. The summed E-state index contributed by atoms with van der Waals surface area (Å²) in [5, 5.41) is 13.2. The second kappa shape index (κ2) is 5.15. The second-order valence-electron chi connectivity index (χ2n) is 5.79. The van der Waals surface area contributed by atoms with Crippen LogP contribution in [0.25, 0.3) is 0 Å². The number of aromatic carboxylic acids is 1. The number of hydrogen-bond acceptors (Lipinski definition) is 4. The number of carboxylic acid groups (broad SMARTS) is 1. The van der Waals surface area contributed by atoms with Gasteiger partial charge in [0.1, 0.15) is 11.2 Å². The number of aryl methyl sites for hydroxylation is 1. The van der Waals surface area contributed by atoms with Crippen molar-refractivity contribution in [3.8, 4) is 0 Å². The molecule has 0 radical (unpaired) electrons. The van der Waals surface area contributed by atoms with E-state index in [9.17, 15) is 9.59 Å². The molecule has 1 aromatic heterocycles. The van der Waals surface area contributed by atoms with Crippen molar-refractivity contribution in [3.05, 3.63) is 17.5 Å². The number of carboxylic acids is 1. The van der Waals surface area contributed by atoms with Gasteiger partial charge in [0.15, 0.2) is 0 Å². The molecule has 2 rings (SSSR count). The largest absolute Gasteiger partial charge is 0.478 e. The van der Waals surface area contributed by atoms with Crippen LogP contribution in [0.5, 0.6) is 0 Å². The maximum absolute atomic E-state index is 12.1. The maximum Gasteiger partial charge on any atom is 0.410 e. The van der Waals surface area contributed by atoms with Gasteiger partial charge >= 0.3 is 12.1 Å². The van der Waals surface area contributed by atoms with Gasteiger partial charge in [0.2, 0.25) is 0 Å². The fraction of sp³-hybridized carbons (Fsp3) is 0.615. The molecule has 7 heteroatoms. The van der Waals surface area contributed by atoms with Gasteiger partial charge in [-0.3, -0.25) is 4.68 Å². The molecular formula is C13H19N3O4. The quantitative estimate of drug-likeness (QED) is 0.847. The van der Waals surface area contributed by atoms with Crippen LogP contribution >= 0.6 is 0 Å². The standard InChI is InChI=1S/C13H19N3O4/c1-13(2,3)20-12(19)15-5-4-6-16-10(8-15)9(7-14-16)11(17)18/h7H,4-6,8H2,1-3H3,(H,17,18). The van der Waals surface area contributed by atoms with Gasteiger partial charge in [0.25, 0.3) is 0 Å². The zero-order chi connectivity index (χ0) is 14.9. The Hall–Kier alpha value is -2.05. The summed E-state index contributed by atoms with van der Waals surface area (Å²) in [5.74, 6) is -1.03. The molecule has 7 nitrogen and oxygen atoms in total. The van der Waals surface area contributed by atoms with Gasteiger partial charge in [-0.05, 0) is 27.2 Å². The second-order valence-corrected chi connectivity index (χ2v) is 5.79. The summed E-state index contributed by atoms with van der Waals surface area (Å²) in [4.78, 5) is 24.8. The van der Waals surface area contributed by atoms with Crippen LogP contribution in [0.4, 0.5) is 4.79 Å². The van der Waals surface area contributed by atoms with Crippen LogP contribution in [0.3, 0.4) is 0 Å². The van der Waals surface area contributed by atoms with E-state index in [0.717, 1.165) is 0 Å². The summed E-state index contributed by atoms with van der Waals surface area (Å²) < 4.78 is 6.98. The average molecular weight is 281 g/mol. The lowest BCUT2D eigenvalue weighted by atomic mass is 10.2. The van der Waals surface area contributed by atoms with Crippen molar-refractivity contribution in [2.24, 2.45) is 0 Å². The van der Waals surface area contributed by atoms with Gasteiger partial charge in [-0.25, -0.2) is 9.59 Å². The van der Waals surface area contributed by atoms with Crippen LogP contribution < -0.4 is 0 Å². The monoisotopic (exact) mass is 281 g/mol. The molecule has 1 aliphatic heterocycles. The molecule has 0 saturated carbocycles. The van der Waals surface area contributed by atoms with Gasteiger partial charge in [0, 0.05) is 13.1 Å². The molecule has 110 valence electrons. The van der Waals surface area contributed by atoms with E-state index in [1.54, 1.807) is 25.5 Å². The van der Waals surface area contributed by atoms with Crippen molar-refractivity contribution in [1.29, 1.82) is 0 Å². The van der Waals surface area contributed by atoms with Crippen molar-refractivity contribution in [1.82, 2.24) is 14.7 Å². The molecule has 20 heavy (non-hydrogen) atoms. The smallest absolute Gasteiger partial charge is 0.410 e. The molecule has 1 amide bonds. The number of aromatic nitrogens is 2. The van der Waals surface area contributed by atoms with Crippen LogP contribution in [0.1, 0.15) is 43.2 Å². The number of ether oxygens (including phenoxy) is 1. The molecule has 1 aliphatic rings. The molecule has 0 fully saturated rings. The topological polar surface area (TPSA) is 84.7 Å². The van der Waals surface area contributed by atoms with Crippen LogP contribution in [0.2, 0.25) is 0 Å². The van der Waals surface area contributed by atoms with Crippen molar-refractivity contribution < 1.29 is 19.4 Å². The van der Waals surface area contributed by atoms with Crippen molar-refractivity contribution in [3.63, 3.8) is 0 Å². The summed E-state index contributed by atoms with van der Waals surface area (Å²) in [6.45, 7) is 6.73. The highest BCUT2D eigenvalue weighted by atomic mass is 16.6. The fourth-order valence-corrected chi connectivity index (χ4v) is 2.10. The average Bonchev–Trinajstić information content (AvgIpc) is 2.57. The number of fused-ring (bicyclic) bond motifs is 1. The van der Waals surface area contributed by atoms with Crippen LogP contribution in [0.15, 0.2) is 6.20 Å². The minimum atomic E-state index is -1.03. The molecule has 0 unspecified atom stereocenters. The SMILES string of the molecule is CC(C)(C)OC(=O)N1CCCn2ncc(C(=O)O)c2C1. The van der Waals surface area contributed by atoms with Crippen LogP contribution in [-0.4, -0.2) is 44.0 Å². The Balaban J connectivity index is 2.21. The lowest BCUT2D eigenvalue weighted by molar-refractivity contribution is 0.0234. The first-order valence-corrected chi connectivity index (χ1v) is 6.54. The van der Waals surface area contributed by atoms with E-state index in [1.807, 2.05) is 0 Å². The Morgan fingerprint density at radius 1 is 1.35 bits per heavy atom. The summed E-state index contributed by atoms with van der Waals surface area (Å²) >= 11 is 0. The number of hydrogen-bond donors (Lipinski definition) is 1. The summed E-state index contributed by atoms with van der Waals surface area (Å²) in [5.41, 5.74) is 0.112. The van der Waals surface area contributed by atoms with E-state index in [-0.39, 0.29) is 12.1 Å². The molecule has 0 spiro atoms. The zero-order valence-corrected chi connectivity index (χ0v) is 11.9. The Morgan fingerprint density at radius 3 is 2.65 bits per heavy atom. The van der Waals surface area contributed by atoms with Crippen LogP contribution in [0, 0.1) is 0 Å². The van der Waals surface area contributed by atoms with E-state index in [1.165, 1.54) is 11.1 Å². The third-order valence-corrected chi connectivity index (χ3v) is 2.97. The number of carbonyl (C=O) groups excluding carboxylic acids is 1. The predicted octanol–water partition coefficient (Wildman–Crippen LogP) is 1.72. The van der Waals surface area contributed by atoms with Crippen LogP contribution in [-0.2, 0) is 17.8 Å². The third kappa shape index (κ3) is 3.09. The van der Waals surface area contributed by atoms with Crippen molar-refractivity contribution in [2.75, 3.05) is 6.54 Å². The van der Waals surface area contributed by atoms with E-state index >= 15 is 0 Å². The fourth-order valence-electron chi connectivity index (χ4n) is 2.10. The molecule has 0 aliphatic carbocycles. The first-order valence-electron chi connectivity index (χ1n) is 6.54. The molecule has 1 N–H and O–H groups in total. The minimum absolute atomic E-state index is 0.139. The highest BCUT2D eigenvalue weighted by Gasteiger charge is 2.27. The summed E-state index contributed by atoms with van der Waals surface area (Å²) in [6.07, 6.45) is 1.62. The molecule has 0 saturated heterocycles. The number of rotatable bonds is 1. The Labute approximate surface area is 117 Å². The minimum Gasteiger partial charge on any atom is -0.478 e.